The maximum Gasteiger partial charge on any atom is 0.0900 e. The predicted molar refractivity (Wildman–Crippen MR) is 73.0 cm³/mol. The van der Waals surface area contributed by atoms with Gasteiger partial charge in [-0.25, -0.2) is 4.98 Å². The molecule has 2 unspecified atom stereocenters. The fourth-order valence-corrected chi connectivity index (χ4v) is 3.52. The summed E-state index contributed by atoms with van der Waals surface area (Å²) in [6.07, 6.45) is 3.86. The third kappa shape index (κ3) is 3.51. The maximum atomic E-state index is 9.60. The van der Waals surface area contributed by atoms with Gasteiger partial charge in [0.25, 0.3) is 0 Å². The van der Waals surface area contributed by atoms with Crippen LogP contribution >= 0.6 is 11.3 Å². The molecule has 1 heterocycles. The van der Waals surface area contributed by atoms with Crippen molar-refractivity contribution in [3.8, 4) is 0 Å². The summed E-state index contributed by atoms with van der Waals surface area (Å²) in [5.41, 5.74) is 1.28. The van der Waals surface area contributed by atoms with E-state index in [4.69, 9.17) is 4.74 Å². The molecule has 18 heavy (non-hydrogen) atoms. The molecule has 1 aliphatic rings. The van der Waals surface area contributed by atoms with E-state index in [0.29, 0.717) is 12.6 Å². The highest BCUT2D eigenvalue weighted by Crippen LogP contribution is 2.33. The molecule has 102 valence electrons. The van der Waals surface area contributed by atoms with Crippen molar-refractivity contribution >= 4 is 11.3 Å². The van der Waals surface area contributed by atoms with E-state index in [1.54, 1.807) is 18.4 Å². The number of rotatable bonds is 6. The summed E-state index contributed by atoms with van der Waals surface area (Å²) in [7, 11) is 1.62. The highest BCUT2D eigenvalue weighted by molar-refractivity contribution is 7.11. The lowest BCUT2D eigenvalue weighted by Crippen LogP contribution is -2.28. The maximum absolute atomic E-state index is 9.60. The van der Waals surface area contributed by atoms with Gasteiger partial charge in [0.2, 0.25) is 0 Å². The van der Waals surface area contributed by atoms with E-state index < -0.39 is 0 Å². The summed E-state index contributed by atoms with van der Waals surface area (Å²) in [6.45, 7) is 3.31. The molecule has 1 aromatic heterocycles. The summed E-state index contributed by atoms with van der Waals surface area (Å²) in [6, 6.07) is 0.426. The number of aliphatic hydroxyl groups excluding tert-OH is 1. The molecular weight excluding hydrogens is 248 g/mol. The molecule has 0 spiro atoms. The fourth-order valence-electron chi connectivity index (χ4n) is 2.44. The lowest BCUT2D eigenvalue weighted by atomic mass is 9.98. The summed E-state index contributed by atoms with van der Waals surface area (Å²) < 4.78 is 4.92. The monoisotopic (exact) mass is 270 g/mol. The molecule has 0 amide bonds. The number of methoxy groups -OCH3 is 1. The molecule has 0 saturated carbocycles. The van der Waals surface area contributed by atoms with E-state index in [1.165, 1.54) is 23.4 Å². The van der Waals surface area contributed by atoms with Crippen LogP contribution in [0.1, 0.15) is 40.9 Å². The topological polar surface area (TPSA) is 54.4 Å². The van der Waals surface area contributed by atoms with Crippen LogP contribution in [-0.4, -0.2) is 36.5 Å². The fraction of sp³-hybridized carbons (Fsp3) is 0.769. The van der Waals surface area contributed by atoms with E-state index in [1.807, 2.05) is 0 Å². The molecule has 0 aromatic carbocycles. The van der Waals surface area contributed by atoms with Gasteiger partial charge in [0.15, 0.2) is 0 Å². The lowest BCUT2D eigenvalue weighted by molar-refractivity contribution is 0.0589. The standard InChI is InChI=1S/C13H22N2O2S/c1-9-15-12-5-3-4-11(13(12)18-9)14-7-6-10(16)8-17-2/h10-11,14,16H,3-8H2,1-2H3. The van der Waals surface area contributed by atoms with Gasteiger partial charge in [-0.15, -0.1) is 11.3 Å². The molecular formula is C13H22N2O2S. The van der Waals surface area contributed by atoms with Gasteiger partial charge in [-0.1, -0.05) is 0 Å². The predicted octanol–water partition coefficient (Wildman–Crippen LogP) is 1.82. The van der Waals surface area contributed by atoms with Crippen molar-refractivity contribution in [1.82, 2.24) is 10.3 Å². The minimum atomic E-state index is -0.367. The number of nitrogens with one attached hydrogen (secondary N) is 1. The second kappa shape index (κ2) is 6.61. The summed E-state index contributed by atoms with van der Waals surface area (Å²) in [4.78, 5) is 5.99. The Morgan fingerprint density at radius 1 is 1.61 bits per heavy atom. The molecule has 1 aromatic rings. The second-order valence-electron chi connectivity index (χ2n) is 4.84. The molecule has 2 atom stereocenters. The first-order valence-electron chi connectivity index (χ1n) is 6.57. The quantitative estimate of drug-likeness (QED) is 0.828. The van der Waals surface area contributed by atoms with Crippen molar-refractivity contribution in [2.75, 3.05) is 20.3 Å². The lowest BCUT2D eigenvalue weighted by Gasteiger charge is -2.23. The number of aromatic nitrogens is 1. The van der Waals surface area contributed by atoms with Crippen LogP contribution in [-0.2, 0) is 11.2 Å². The highest BCUT2D eigenvalue weighted by Gasteiger charge is 2.23. The summed E-state index contributed by atoms with van der Waals surface area (Å²) in [5, 5.41) is 14.3. The van der Waals surface area contributed by atoms with E-state index in [9.17, 15) is 5.11 Å². The number of ether oxygens (including phenoxy) is 1. The minimum Gasteiger partial charge on any atom is -0.391 e. The van der Waals surface area contributed by atoms with Crippen molar-refractivity contribution in [2.24, 2.45) is 0 Å². The molecule has 0 bridgehead atoms. The summed E-state index contributed by atoms with van der Waals surface area (Å²) >= 11 is 1.81. The number of aliphatic hydroxyl groups is 1. The van der Waals surface area contributed by atoms with Gasteiger partial charge in [0.1, 0.15) is 0 Å². The van der Waals surface area contributed by atoms with Crippen molar-refractivity contribution in [1.29, 1.82) is 0 Å². The van der Waals surface area contributed by atoms with E-state index >= 15 is 0 Å². The third-order valence-corrected chi connectivity index (χ3v) is 4.41. The van der Waals surface area contributed by atoms with Gasteiger partial charge in [-0.2, -0.15) is 0 Å². The van der Waals surface area contributed by atoms with Gasteiger partial charge in [0.05, 0.1) is 23.4 Å². The number of thiazole rings is 1. The molecule has 0 fully saturated rings. The average molecular weight is 270 g/mol. The van der Waals surface area contributed by atoms with Crippen LogP contribution in [0.25, 0.3) is 0 Å². The molecule has 0 saturated heterocycles. The number of hydrogen-bond donors (Lipinski definition) is 2. The molecule has 2 N–H and O–H groups in total. The zero-order valence-electron chi connectivity index (χ0n) is 11.1. The van der Waals surface area contributed by atoms with Crippen LogP contribution in [0, 0.1) is 6.92 Å². The molecule has 5 heteroatoms. The zero-order chi connectivity index (χ0) is 13.0. The number of hydrogen-bond acceptors (Lipinski definition) is 5. The first-order chi connectivity index (χ1) is 8.70. The molecule has 4 nitrogen and oxygen atoms in total. The van der Waals surface area contributed by atoms with E-state index in [0.717, 1.165) is 24.4 Å². The Hall–Kier alpha value is -0.490. The Morgan fingerprint density at radius 2 is 2.44 bits per heavy atom. The normalized spacial score (nSPS) is 20.7. The Labute approximate surface area is 112 Å². The van der Waals surface area contributed by atoms with Crippen molar-refractivity contribution in [3.63, 3.8) is 0 Å². The largest absolute Gasteiger partial charge is 0.391 e. The van der Waals surface area contributed by atoms with Gasteiger partial charge in [-0.3, -0.25) is 0 Å². The molecule has 1 aliphatic carbocycles. The number of nitrogens with zero attached hydrogens (tertiary/aromatic N) is 1. The van der Waals surface area contributed by atoms with Gasteiger partial charge in [-0.05, 0) is 39.2 Å². The van der Waals surface area contributed by atoms with Crippen molar-refractivity contribution in [2.45, 2.75) is 44.8 Å². The Bertz CT molecular complexity index is 381. The molecule has 2 rings (SSSR count). The van der Waals surface area contributed by atoms with Crippen LogP contribution in [0.5, 0.6) is 0 Å². The van der Waals surface area contributed by atoms with E-state index in [-0.39, 0.29) is 6.10 Å². The Kier molecular flexibility index (Phi) is 5.12. The van der Waals surface area contributed by atoms with Crippen molar-refractivity contribution < 1.29 is 9.84 Å². The number of aryl methyl sites for hydroxylation is 2. The highest BCUT2D eigenvalue weighted by atomic mass is 32.1. The van der Waals surface area contributed by atoms with Gasteiger partial charge in [0, 0.05) is 18.0 Å². The molecule has 0 aliphatic heterocycles. The van der Waals surface area contributed by atoms with Crippen LogP contribution in [0.2, 0.25) is 0 Å². The van der Waals surface area contributed by atoms with Crippen LogP contribution < -0.4 is 5.32 Å². The Balaban J connectivity index is 1.84. The molecule has 0 radical (unpaired) electrons. The first kappa shape index (κ1) is 13.9. The average Bonchev–Trinajstić information content (AvgIpc) is 2.70. The first-order valence-corrected chi connectivity index (χ1v) is 7.39. The van der Waals surface area contributed by atoms with Crippen LogP contribution in [0.4, 0.5) is 0 Å². The SMILES string of the molecule is COCC(O)CCNC1CCCc2nc(C)sc21. The minimum absolute atomic E-state index is 0.367. The van der Waals surface area contributed by atoms with Crippen molar-refractivity contribution in [3.05, 3.63) is 15.6 Å². The van der Waals surface area contributed by atoms with Gasteiger partial charge < -0.3 is 15.2 Å². The zero-order valence-corrected chi connectivity index (χ0v) is 11.9. The van der Waals surface area contributed by atoms with Crippen LogP contribution in [0.15, 0.2) is 0 Å². The third-order valence-electron chi connectivity index (χ3n) is 3.28. The number of fused-ring (bicyclic) bond motifs is 1. The van der Waals surface area contributed by atoms with Gasteiger partial charge >= 0.3 is 0 Å². The van der Waals surface area contributed by atoms with E-state index in [2.05, 4.69) is 17.2 Å². The Morgan fingerprint density at radius 3 is 3.22 bits per heavy atom. The summed E-state index contributed by atoms with van der Waals surface area (Å²) in [5.74, 6) is 0. The van der Waals surface area contributed by atoms with Crippen LogP contribution in [0.3, 0.4) is 0 Å². The smallest absolute Gasteiger partial charge is 0.0900 e. The second-order valence-corrected chi connectivity index (χ2v) is 6.08.